The first kappa shape index (κ1) is 18.6. The molecule has 1 amide bonds. The van der Waals surface area contributed by atoms with Gasteiger partial charge in [0.1, 0.15) is 22.8 Å². The zero-order valence-electron chi connectivity index (χ0n) is 13.0. The number of carbonyl (C=O) groups excluding carboxylic acids is 1. The van der Waals surface area contributed by atoms with Crippen molar-refractivity contribution in [1.82, 2.24) is 4.90 Å². The second-order valence-corrected chi connectivity index (χ2v) is 6.69. The van der Waals surface area contributed by atoms with Crippen LogP contribution in [0.25, 0.3) is 0 Å². The molecule has 0 saturated carbocycles. The highest BCUT2D eigenvalue weighted by Gasteiger charge is 2.37. The van der Waals surface area contributed by atoms with Gasteiger partial charge in [0.25, 0.3) is 0 Å². The molecule has 0 radical (unpaired) electrons. The summed E-state index contributed by atoms with van der Waals surface area (Å²) in [7, 11) is 0. The standard InChI is InChI=1S/C17H11F6NOS/c18-12-2-1-3-13(19)10(12)7-24-15(25)8-26-16(24)9-4-5-11(14(20)6-9)17(21,22)23/h1-6,16H,7-8H2. The smallest absolute Gasteiger partial charge is 0.321 e. The van der Waals surface area contributed by atoms with Crippen LogP contribution in [-0.2, 0) is 17.5 Å². The van der Waals surface area contributed by atoms with Gasteiger partial charge in [-0.2, -0.15) is 13.2 Å². The Hall–Kier alpha value is -2.16. The lowest BCUT2D eigenvalue weighted by Crippen LogP contribution is -2.28. The van der Waals surface area contributed by atoms with Crippen LogP contribution < -0.4 is 0 Å². The molecule has 1 saturated heterocycles. The molecule has 26 heavy (non-hydrogen) atoms. The van der Waals surface area contributed by atoms with Crippen molar-refractivity contribution in [2.75, 3.05) is 5.75 Å². The molecule has 0 aromatic heterocycles. The van der Waals surface area contributed by atoms with E-state index in [1.54, 1.807) is 0 Å². The second-order valence-electron chi connectivity index (χ2n) is 5.62. The van der Waals surface area contributed by atoms with Gasteiger partial charge in [-0.1, -0.05) is 12.1 Å². The van der Waals surface area contributed by atoms with Crippen LogP contribution in [-0.4, -0.2) is 16.6 Å². The lowest BCUT2D eigenvalue weighted by molar-refractivity contribution is -0.140. The number of hydrogen-bond acceptors (Lipinski definition) is 2. The third kappa shape index (κ3) is 3.53. The quantitative estimate of drug-likeness (QED) is 0.694. The molecule has 0 spiro atoms. The summed E-state index contributed by atoms with van der Waals surface area (Å²) < 4.78 is 79.5. The molecule has 3 rings (SSSR count). The largest absolute Gasteiger partial charge is 0.419 e. The molecule has 1 fully saturated rings. The van der Waals surface area contributed by atoms with Crippen LogP contribution in [0.2, 0.25) is 0 Å². The molecular formula is C17H11F6NOS. The number of halogens is 6. The maximum absolute atomic E-state index is 13.8. The van der Waals surface area contributed by atoms with E-state index in [1.165, 1.54) is 6.07 Å². The Morgan fingerprint density at radius 1 is 1.04 bits per heavy atom. The maximum Gasteiger partial charge on any atom is 0.419 e. The van der Waals surface area contributed by atoms with Gasteiger partial charge >= 0.3 is 6.18 Å². The van der Waals surface area contributed by atoms with Crippen LogP contribution in [0.5, 0.6) is 0 Å². The summed E-state index contributed by atoms with van der Waals surface area (Å²) in [5.41, 5.74) is -1.63. The molecule has 1 aliphatic heterocycles. The fourth-order valence-corrected chi connectivity index (χ4v) is 3.85. The van der Waals surface area contributed by atoms with Gasteiger partial charge in [0.05, 0.1) is 17.9 Å². The van der Waals surface area contributed by atoms with E-state index >= 15 is 0 Å². The van der Waals surface area contributed by atoms with Crippen LogP contribution in [0.15, 0.2) is 36.4 Å². The Labute approximate surface area is 148 Å². The number of nitrogens with zero attached hydrogens (tertiary/aromatic N) is 1. The third-order valence-electron chi connectivity index (χ3n) is 3.94. The molecule has 2 aromatic rings. The number of thioether (sulfide) groups is 1. The van der Waals surface area contributed by atoms with E-state index in [9.17, 15) is 31.1 Å². The topological polar surface area (TPSA) is 20.3 Å². The van der Waals surface area contributed by atoms with E-state index < -0.39 is 47.0 Å². The van der Waals surface area contributed by atoms with Crippen LogP contribution in [0.4, 0.5) is 26.3 Å². The molecule has 0 N–H and O–H groups in total. The van der Waals surface area contributed by atoms with E-state index in [-0.39, 0.29) is 16.9 Å². The molecule has 2 aromatic carbocycles. The van der Waals surface area contributed by atoms with Crippen molar-refractivity contribution >= 4 is 17.7 Å². The van der Waals surface area contributed by atoms with Gasteiger partial charge in [0.15, 0.2) is 0 Å². The fourth-order valence-electron chi connectivity index (χ4n) is 2.67. The fraction of sp³-hybridized carbons (Fsp3) is 0.235. The molecular weight excluding hydrogens is 380 g/mol. The molecule has 1 heterocycles. The van der Waals surface area contributed by atoms with Gasteiger partial charge in [-0.05, 0) is 29.8 Å². The van der Waals surface area contributed by atoms with Crippen molar-refractivity contribution in [3.05, 3.63) is 70.5 Å². The highest BCUT2D eigenvalue weighted by molar-refractivity contribution is 8.00. The first-order chi connectivity index (χ1) is 12.2. The first-order valence-electron chi connectivity index (χ1n) is 7.39. The van der Waals surface area contributed by atoms with Gasteiger partial charge in [0.2, 0.25) is 5.91 Å². The molecule has 9 heteroatoms. The van der Waals surface area contributed by atoms with Crippen molar-refractivity contribution in [2.45, 2.75) is 18.1 Å². The van der Waals surface area contributed by atoms with Crippen LogP contribution >= 0.6 is 11.8 Å². The number of hydrogen-bond donors (Lipinski definition) is 0. The number of rotatable bonds is 3. The minimum atomic E-state index is -4.84. The summed E-state index contributed by atoms with van der Waals surface area (Å²) in [5, 5.41) is -0.835. The highest BCUT2D eigenvalue weighted by atomic mass is 32.2. The lowest BCUT2D eigenvalue weighted by Gasteiger charge is -2.25. The minimum absolute atomic E-state index is 0.0244. The summed E-state index contributed by atoms with van der Waals surface area (Å²) in [4.78, 5) is 13.2. The Balaban J connectivity index is 1.92. The average molecular weight is 391 g/mol. The van der Waals surface area contributed by atoms with Crippen molar-refractivity contribution in [3.8, 4) is 0 Å². The molecule has 1 atom stereocenters. The van der Waals surface area contributed by atoms with Gasteiger partial charge in [0, 0.05) is 5.56 Å². The van der Waals surface area contributed by atoms with Crippen LogP contribution in [0, 0.1) is 17.5 Å². The van der Waals surface area contributed by atoms with Crippen LogP contribution in [0.3, 0.4) is 0 Å². The summed E-state index contributed by atoms with van der Waals surface area (Å²) in [6.45, 7) is -0.405. The monoisotopic (exact) mass is 391 g/mol. The Kier molecular flexibility index (Phi) is 4.92. The predicted octanol–water partition coefficient (Wildman–Crippen LogP) is 4.90. The van der Waals surface area contributed by atoms with Crippen molar-refractivity contribution in [3.63, 3.8) is 0 Å². The zero-order valence-corrected chi connectivity index (χ0v) is 13.8. The minimum Gasteiger partial charge on any atom is -0.321 e. The maximum atomic E-state index is 13.8. The number of alkyl halides is 3. The highest BCUT2D eigenvalue weighted by Crippen LogP contribution is 2.41. The predicted molar refractivity (Wildman–Crippen MR) is 83.5 cm³/mol. The van der Waals surface area contributed by atoms with E-state index in [1.807, 2.05) is 0 Å². The van der Waals surface area contributed by atoms with E-state index in [4.69, 9.17) is 0 Å². The first-order valence-corrected chi connectivity index (χ1v) is 8.44. The molecule has 0 aliphatic carbocycles. The van der Waals surface area contributed by atoms with Crippen molar-refractivity contribution in [2.24, 2.45) is 0 Å². The summed E-state index contributed by atoms with van der Waals surface area (Å²) in [6.07, 6.45) is -4.84. The lowest BCUT2D eigenvalue weighted by atomic mass is 10.1. The van der Waals surface area contributed by atoms with Crippen LogP contribution in [0.1, 0.15) is 22.1 Å². The van der Waals surface area contributed by atoms with Gasteiger partial charge in [-0.25, -0.2) is 13.2 Å². The number of carbonyl (C=O) groups is 1. The van der Waals surface area contributed by atoms with E-state index in [0.29, 0.717) is 12.1 Å². The Morgan fingerprint density at radius 2 is 1.69 bits per heavy atom. The molecule has 1 aliphatic rings. The number of amides is 1. The molecule has 138 valence electrons. The van der Waals surface area contributed by atoms with Gasteiger partial charge < -0.3 is 4.90 Å². The van der Waals surface area contributed by atoms with E-state index in [0.717, 1.165) is 34.9 Å². The Bertz CT molecular complexity index is 833. The number of benzene rings is 2. The van der Waals surface area contributed by atoms with E-state index in [2.05, 4.69) is 0 Å². The molecule has 0 bridgehead atoms. The summed E-state index contributed by atoms with van der Waals surface area (Å²) in [5.74, 6) is -3.61. The third-order valence-corrected chi connectivity index (χ3v) is 5.20. The Morgan fingerprint density at radius 3 is 2.27 bits per heavy atom. The zero-order chi connectivity index (χ0) is 19.1. The average Bonchev–Trinajstić information content (AvgIpc) is 2.90. The normalized spacial score (nSPS) is 17.8. The summed E-state index contributed by atoms with van der Waals surface area (Å²) in [6, 6.07) is 5.61. The molecule has 1 unspecified atom stereocenters. The van der Waals surface area contributed by atoms with Crippen molar-refractivity contribution in [1.29, 1.82) is 0 Å². The van der Waals surface area contributed by atoms with Gasteiger partial charge in [-0.15, -0.1) is 11.8 Å². The summed E-state index contributed by atoms with van der Waals surface area (Å²) >= 11 is 1.05. The second kappa shape index (κ2) is 6.86. The van der Waals surface area contributed by atoms with Gasteiger partial charge in [-0.3, -0.25) is 4.79 Å². The SMILES string of the molecule is O=C1CSC(c2ccc(C(F)(F)F)c(F)c2)N1Cc1c(F)cccc1F. The van der Waals surface area contributed by atoms with Crippen molar-refractivity contribution < 1.29 is 31.1 Å². The molecule has 2 nitrogen and oxygen atoms in total.